The van der Waals surface area contributed by atoms with Crippen molar-refractivity contribution in [1.82, 2.24) is 15.5 Å². The van der Waals surface area contributed by atoms with Crippen LogP contribution in [0.15, 0.2) is 29.0 Å². The lowest BCUT2D eigenvalue weighted by molar-refractivity contribution is 0.0940. The molecule has 0 bridgehead atoms. The first-order chi connectivity index (χ1) is 9.22. The van der Waals surface area contributed by atoms with Gasteiger partial charge in [0.2, 0.25) is 0 Å². The summed E-state index contributed by atoms with van der Waals surface area (Å²) in [5.41, 5.74) is 0.338. The number of aromatic amines is 1. The van der Waals surface area contributed by atoms with E-state index in [1.165, 1.54) is 18.5 Å². The molecule has 0 spiro atoms. The molecule has 0 saturated heterocycles. The number of nitrogens with zero attached hydrogens (tertiary/aromatic N) is 1. The summed E-state index contributed by atoms with van der Waals surface area (Å²) in [6, 6.07) is 3.08. The zero-order valence-corrected chi connectivity index (χ0v) is 9.84. The van der Waals surface area contributed by atoms with Gasteiger partial charge in [0.05, 0.1) is 24.8 Å². The van der Waals surface area contributed by atoms with Gasteiger partial charge < -0.3 is 20.2 Å². The number of nitrogens with one attached hydrogen (secondary N) is 3. The molecule has 8 heteroatoms. The number of aliphatic hydroxyl groups excluding tert-OH is 1. The number of hydrogen-bond donors (Lipinski definition) is 4. The molecule has 8 nitrogen and oxygen atoms in total. The number of anilines is 1. The first-order valence-corrected chi connectivity index (χ1v) is 5.49. The van der Waals surface area contributed by atoms with Crippen LogP contribution < -0.4 is 10.6 Å². The van der Waals surface area contributed by atoms with E-state index in [1.807, 2.05) is 0 Å². The van der Waals surface area contributed by atoms with Crippen molar-refractivity contribution in [1.29, 1.82) is 0 Å². The van der Waals surface area contributed by atoms with Gasteiger partial charge in [-0.1, -0.05) is 0 Å². The number of aromatic nitrogens is 2. The van der Waals surface area contributed by atoms with Gasteiger partial charge in [-0.2, -0.15) is 5.10 Å². The fourth-order valence-electron chi connectivity index (χ4n) is 1.40. The summed E-state index contributed by atoms with van der Waals surface area (Å²) in [6.45, 7) is -0.0581. The maximum absolute atomic E-state index is 11.7. The molecule has 0 unspecified atom stereocenters. The summed E-state index contributed by atoms with van der Waals surface area (Å²) in [5, 5.41) is 19.7. The van der Waals surface area contributed by atoms with Crippen LogP contribution in [-0.4, -0.2) is 40.3 Å². The molecule has 4 N–H and O–H groups in total. The van der Waals surface area contributed by atoms with E-state index in [2.05, 4.69) is 20.8 Å². The molecule has 0 aromatic carbocycles. The minimum Gasteiger partial charge on any atom is -0.459 e. The van der Waals surface area contributed by atoms with Crippen molar-refractivity contribution < 1.29 is 19.1 Å². The van der Waals surface area contributed by atoms with Crippen molar-refractivity contribution in [2.24, 2.45) is 0 Å². The summed E-state index contributed by atoms with van der Waals surface area (Å²) < 4.78 is 4.93. The Kier molecular flexibility index (Phi) is 3.94. The second kappa shape index (κ2) is 5.83. The summed E-state index contributed by atoms with van der Waals surface area (Å²) in [6.07, 6.45) is 2.69. The van der Waals surface area contributed by atoms with E-state index in [9.17, 15) is 9.59 Å². The number of amides is 2. The SMILES string of the molecule is O=C(Nc1cn[nH]c1C(=O)NCCO)c1ccco1. The Bertz CT molecular complexity index is 561. The average molecular weight is 264 g/mol. The van der Waals surface area contributed by atoms with Crippen LogP contribution in [0.4, 0.5) is 5.69 Å². The van der Waals surface area contributed by atoms with Gasteiger partial charge in [0.15, 0.2) is 5.76 Å². The van der Waals surface area contributed by atoms with Gasteiger partial charge in [-0.05, 0) is 12.1 Å². The Labute approximate surface area is 107 Å². The van der Waals surface area contributed by atoms with Gasteiger partial charge in [0.1, 0.15) is 5.69 Å². The Balaban J connectivity index is 2.07. The van der Waals surface area contributed by atoms with Crippen molar-refractivity contribution in [3.8, 4) is 0 Å². The Morgan fingerprint density at radius 1 is 1.42 bits per heavy atom. The highest BCUT2D eigenvalue weighted by molar-refractivity contribution is 6.06. The fourth-order valence-corrected chi connectivity index (χ4v) is 1.40. The second-order valence-corrected chi connectivity index (χ2v) is 3.57. The van der Waals surface area contributed by atoms with Crippen LogP contribution in [0.3, 0.4) is 0 Å². The highest BCUT2D eigenvalue weighted by Gasteiger charge is 2.17. The normalized spacial score (nSPS) is 10.2. The molecule has 2 aromatic heterocycles. The molecule has 0 aliphatic heterocycles. The largest absolute Gasteiger partial charge is 0.459 e. The number of rotatable bonds is 5. The standard InChI is InChI=1S/C11H12N4O4/c16-4-3-12-11(18)9-7(6-13-15-9)14-10(17)8-2-1-5-19-8/h1-2,5-6,16H,3-4H2,(H,12,18)(H,13,15)(H,14,17). The zero-order chi connectivity index (χ0) is 13.7. The van der Waals surface area contributed by atoms with Crippen LogP contribution in [0.1, 0.15) is 21.0 Å². The number of carbonyl (C=O) groups is 2. The van der Waals surface area contributed by atoms with E-state index in [1.54, 1.807) is 6.07 Å². The smallest absolute Gasteiger partial charge is 0.291 e. The molecular weight excluding hydrogens is 252 g/mol. The minimum atomic E-state index is -0.484. The maximum Gasteiger partial charge on any atom is 0.291 e. The van der Waals surface area contributed by atoms with Crippen molar-refractivity contribution in [3.05, 3.63) is 36.0 Å². The maximum atomic E-state index is 11.7. The molecule has 2 aromatic rings. The van der Waals surface area contributed by atoms with Crippen LogP contribution in [0.25, 0.3) is 0 Å². The molecule has 2 heterocycles. The molecule has 0 aliphatic rings. The molecule has 0 fully saturated rings. The van der Waals surface area contributed by atoms with E-state index >= 15 is 0 Å². The molecule has 0 atom stereocenters. The molecular formula is C11H12N4O4. The Hall–Kier alpha value is -2.61. The minimum absolute atomic E-state index is 0.105. The van der Waals surface area contributed by atoms with E-state index in [0.717, 1.165) is 0 Å². The molecule has 0 saturated carbocycles. The van der Waals surface area contributed by atoms with E-state index in [-0.39, 0.29) is 30.3 Å². The van der Waals surface area contributed by atoms with Crippen molar-refractivity contribution >= 4 is 17.5 Å². The van der Waals surface area contributed by atoms with Gasteiger partial charge >= 0.3 is 0 Å². The van der Waals surface area contributed by atoms with Crippen molar-refractivity contribution in [3.63, 3.8) is 0 Å². The topological polar surface area (TPSA) is 120 Å². The zero-order valence-electron chi connectivity index (χ0n) is 9.84. The first kappa shape index (κ1) is 12.8. The van der Waals surface area contributed by atoms with Crippen LogP contribution in [-0.2, 0) is 0 Å². The quantitative estimate of drug-likeness (QED) is 0.604. The molecule has 0 radical (unpaired) electrons. The number of furan rings is 1. The third-order valence-corrected chi connectivity index (χ3v) is 2.26. The lowest BCUT2D eigenvalue weighted by atomic mass is 10.3. The third-order valence-electron chi connectivity index (χ3n) is 2.26. The van der Waals surface area contributed by atoms with Crippen molar-refractivity contribution in [2.75, 3.05) is 18.5 Å². The van der Waals surface area contributed by atoms with Gasteiger partial charge in [0, 0.05) is 6.54 Å². The summed E-state index contributed by atoms with van der Waals surface area (Å²) in [7, 11) is 0. The molecule has 0 aliphatic carbocycles. The van der Waals surface area contributed by atoms with Crippen molar-refractivity contribution in [2.45, 2.75) is 0 Å². The molecule has 100 valence electrons. The number of carbonyl (C=O) groups excluding carboxylic acids is 2. The van der Waals surface area contributed by atoms with E-state index < -0.39 is 11.8 Å². The van der Waals surface area contributed by atoms with Crippen LogP contribution in [0.2, 0.25) is 0 Å². The highest BCUT2D eigenvalue weighted by Crippen LogP contribution is 2.13. The van der Waals surface area contributed by atoms with Crippen LogP contribution in [0.5, 0.6) is 0 Å². The van der Waals surface area contributed by atoms with E-state index in [4.69, 9.17) is 9.52 Å². The van der Waals surface area contributed by atoms with Gasteiger partial charge in [-0.15, -0.1) is 0 Å². The predicted octanol–water partition coefficient (Wildman–Crippen LogP) is -0.0229. The molecule has 2 amide bonds. The molecule has 2 rings (SSSR count). The number of H-pyrrole nitrogens is 1. The van der Waals surface area contributed by atoms with Crippen LogP contribution >= 0.6 is 0 Å². The van der Waals surface area contributed by atoms with Crippen LogP contribution in [0, 0.1) is 0 Å². The fraction of sp³-hybridized carbons (Fsp3) is 0.182. The summed E-state index contributed by atoms with van der Waals surface area (Å²) in [4.78, 5) is 23.4. The third kappa shape index (κ3) is 2.99. The number of aliphatic hydroxyl groups is 1. The summed E-state index contributed by atoms with van der Waals surface area (Å²) >= 11 is 0. The monoisotopic (exact) mass is 264 g/mol. The number of hydrogen-bond acceptors (Lipinski definition) is 5. The second-order valence-electron chi connectivity index (χ2n) is 3.57. The van der Waals surface area contributed by atoms with Gasteiger partial charge in [-0.25, -0.2) is 0 Å². The highest BCUT2D eigenvalue weighted by atomic mass is 16.3. The Morgan fingerprint density at radius 3 is 2.95 bits per heavy atom. The average Bonchev–Trinajstić information content (AvgIpc) is 3.06. The molecule has 19 heavy (non-hydrogen) atoms. The Morgan fingerprint density at radius 2 is 2.26 bits per heavy atom. The lowest BCUT2D eigenvalue weighted by Crippen LogP contribution is -2.27. The van der Waals surface area contributed by atoms with E-state index in [0.29, 0.717) is 0 Å². The van der Waals surface area contributed by atoms with Gasteiger partial charge in [0.25, 0.3) is 11.8 Å². The lowest BCUT2D eigenvalue weighted by Gasteiger charge is -2.04. The van der Waals surface area contributed by atoms with Gasteiger partial charge in [-0.3, -0.25) is 14.7 Å². The summed E-state index contributed by atoms with van der Waals surface area (Å²) in [5.74, 6) is -0.827. The predicted molar refractivity (Wildman–Crippen MR) is 64.7 cm³/mol. The first-order valence-electron chi connectivity index (χ1n) is 5.49.